The molecule has 0 radical (unpaired) electrons. The Morgan fingerprint density at radius 1 is 0.508 bits per heavy atom. The number of hydrazine groups is 1. The maximum absolute atomic E-state index is 12.4. The zero-order valence-corrected chi connectivity index (χ0v) is 66.2. The lowest BCUT2D eigenvalue weighted by Gasteiger charge is -2.11. The molecule has 0 spiro atoms. The molecular weight excluding hydrogens is 1600 g/mol. The first kappa shape index (κ1) is 87.2. The molecule has 0 aliphatic carbocycles. The van der Waals surface area contributed by atoms with Crippen LogP contribution in [-0.2, 0) is 32.9 Å². The van der Waals surface area contributed by atoms with E-state index in [9.17, 15) is 37.2 Å². The molecule has 44 heteroatoms. The summed E-state index contributed by atoms with van der Waals surface area (Å²) in [6.07, 6.45) is 13.3. The fraction of sp³-hybridized carbons (Fsp3) is 0.189. The average molecular weight is 1680 g/mol. The molecule has 15 rings (SSSR count). The number of nitrogens with zero attached hydrogens (tertiary/aromatic N) is 12. The van der Waals surface area contributed by atoms with Crippen molar-refractivity contribution in [2.45, 2.75) is 25.7 Å². The topological polar surface area (TPSA) is 597 Å². The lowest BCUT2D eigenvalue weighted by Crippen LogP contribution is -2.29. The van der Waals surface area contributed by atoms with Crippen molar-refractivity contribution in [1.29, 1.82) is 0 Å². The number of nitrogens with one attached hydrogen (secondary N) is 8. The number of aromatic nitrogens is 16. The molecule has 2 amide bonds. The van der Waals surface area contributed by atoms with Gasteiger partial charge in [-0.05, 0) is 105 Å². The summed E-state index contributed by atoms with van der Waals surface area (Å²) in [7, 11) is 9.12. The van der Waals surface area contributed by atoms with Gasteiger partial charge in [0.1, 0.15) is 34.2 Å². The zero-order valence-electron chi connectivity index (χ0n) is 63.9. The van der Waals surface area contributed by atoms with E-state index in [0.717, 1.165) is 32.5 Å². The number of rotatable bonds is 21. The van der Waals surface area contributed by atoms with Crippen molar-refractivity contribution in [3.63, 3.8) is 0 Å². The lowest BCUT2D eigenvalue weighted by atomic mass is 10.2. The van der Waals surface area contributed by atoms with Crippen LogP contribution in [0.3, 0.4) is 0 Å². The first-order valence-corrected chi connectivity index (χ1v) is 37.4. The molecule has 12 aromatic heterocycles. The summed E-state index contributed by atoms with van der Waals surface area (Å²) in [6.45, 7) is 7.28. The number of aryl methyl sites for hydroxylation is 1. The standard InChI is InChI=1S/C22H21N9O4.C12H17N5O2.C12H10N4O3.C9H8N2O2.C8H8N4O.C7H7ClO2S.C4H5ClO3/c1-33-15-8-12-14(9-16(15)34-2)28-22(29-17(12)23)26-7-6-25-19(32)21-31-30-20(35-21)13-10-27-18-11(13)4-3-5-24-18;1-18-9-5-7-8(6-10(9)19-2)16-12(15-4-3-13)17-11(7)14;1-2-18-12(17)11-16-15-10(19-11)8-6-14-9-7(8)4-3-5-13-9;1-13-9(12)7-5-11-8-6(7)3-2-4-10-8;9-12-8(13)6-4-11-7-5(6)2-1-3-10-7;1-6-2-4-7(5-3-6)11(8,9)10;1-2-8-4(7)3(5)6/h3-5,8-10H,6-7H2,1-2H3,(H,24,27)(H,25,32)(H3,23,26,28,29);5-6H,3-4,13H2,1-2H3,(H3,14,15,16,17);3-6H,2H2,1H3,(H,13,14);2-5H,1H3,(H,10,11);1-4H,9H2,(H,10,11)(H,12,13);2-5H,1H3;2H2,1H3. The highest BCUT2D eigenvalue weighted by molar-refractivity contribution is 8.13. The molecular formula is C74H76Cl2N24O17S. The average Bonchev–Trinajstić information content (AvgIpc) is 1.04. The molecule has 15 aromatic rings. The van der Waals surface area contributed by atoms with E-state index in [1.165, 1.54) is 19.2 Å². The minimum Gasteiger partial charge on any atom is -0.493 e. The van der Waals surface area contributed by atoms with E-state index in [4.69, 9.17) is 77.8 Å². The van der Waals surface area contributed by atoms with Crippen molar-refractivity contribution < 1.29 is 79.2 Å². The van der Waals surface area contributed by atoms with Crippen LogP contribution in [0.2, 0.25) is 0 Å². The van der Waals surface area contributed by atoms with Gasteiger partial charge in [0, 0.05) is 131 Å². The number of nitrogens with two attached hydrogens (primary N) is 4. The second kappa shape index (κ2) is 41.9. The second-order valence-corrected chi connectivity index (χ2v) is 26.3. The predicted octanol–water partition coefficient (Wildman–Crippen LogP) is 8.14. The molecule has 0 unspecified atom stereocenters. The molecule has 0 saturated carbocycles. The SMILES string of the molecule is CCOC(=O)C(=O)Cl.CCOC(=O)c1nnc(-c2c[nH]c3ncccc23)o1.COC(=O)c1c[nH]c2ncccc12.COc1cc2nc(NCCN)nc(N)c2cc1OC.COc1cc2nc(NCCNC(=O)c3nnc(-c4c[nH]c5ncccc45)o3)nc(N)c2cc1OC.Cc1ccc(S(=O)(=O)Cl)cc1.NNC(=O)c1c[nH]c2ncccc12. The third kappa shape index (κ3) is 22.6. The summed E-state index contributed by atoms with van der Waals surface area (Å²) in [5.41, 5.74) is 27.0. The molecule has 118 heavy (non-hydrogen) atoms. The van der Waals surface area contributed by atoms with E-state index in [1.54, 1.807) is 146 Å². The van der Waals surface area contributed by atoms with Gasteiger partial charge < -0.3 is 95.1 Å². The number of esters is 3. The molecule has 12 heterocycles. The van der Waals surface area contributed by atoms with Gasteiger partial charge in [0.25, 0.3) is 26.7 Å². The number of methoxy groups -OCH3 is 5. The Bertz CT molecular complexity index is 6030. The number of nitrogen functional groups attached to an aromatic ring is 3. The van der Waals surface area contributed by atoms with Crippen molar-refractivity contribution in [3.8, 4) is 45.9 Å². The predicted molar refractivity (Wildman–Crippen MR) is 434 cm³/mol. The Balaban J connectivity index is 0.000000166. The van der Waals surface area contributed by atoms with Crippen LogP contribution < -0.4 is 63.4 Å². The molecule has 0 aliphatic heterocycles. The smallest absolute Gasteiger partial charge is 0.396 e. The van der Waals surface area contributed by atoms with Gasteiger partial charge in [-0.2, -0.15) is 9.97 Å². The molecule has 0 bridgehead atoms. The summed E-state index contributed by atoms with van der Waals surface area (Å²) < 4.78 is 66.9. The number of anilines is 4. The molecule has 3 aromatic carbocycles. The van der Waals surface area contributed by atoms with Crippen LogP contribution in [0, 0.1) is 6.92 Å². The van der Waals surface area contributed by atoms with E-state index in [2.05, 4.69) is 111 Å². The van der Waals surface area contributed by atoms with Crippen molar-refractivity contribution in [2.24, 2.45) is 11.6 Å². The van der Waals surface area contributed by atoms with E-state index >= 15 is 0 Å². The quantitative estimate of drug-likeness (QED) is 0.00472. The van der Waals surface area contributed by atoms with Crippen LogP contribution in [0.15, 0.2) is 160 Å². The van der Waals surface area contributed by atoms with Crippen LogP contribution in [0.5, 0.6) is 23.0 Å². The highest BCUT2D eigenvalue weighted by atomic mass is 35.7. The van der Waals surface area contributed by atoms with Crippen molar-refractivity contribution in [2.75, 3.05) is 97.0 Å². The van der Waals surface area contributed by atoms with Crippen molar-refractivity contribution in [3.05, 3.63) is 175 Å². The number of H-pyrrole nitrogens is 4. The van der Waals surface area contributed by atoms with Gasteiger partial charge in [-0.3, -0.25) is 19.8 Å². The minimum atomic E-state index is -3.55. The van der Waals surface area contributed by atoms with E-state index in [-0.39, 0.29) is 65.9 Å². The molecule has 0 atom stereocenters. The van der Waals surface area contributed by atoms with Crippen LogP contribution in [0.25, 0.3) is 88.8 Å². The lowest BCUT2D eigenvalue weighted by molar-refractivity contribution is -0.149. The zero-order chi connectivity index (χ0) is 85.0. The van der Waals surface area contributed by atoms with E-state index < -0.39 is 32.1 Å². The number of ether oxygens (including phenoxy) is 7. The number of hydrogen-bond acceptors (Lipinski definition) is 35. The Hall–Kier alpha value is -14.8. The van der Waals surface area contributed by atoms with Crippen molar-refractivity contribution >= 4 is 156 Å². The molecule has 41 nitrogen and oxygen atoms in total. The monoisotopic (exact) mass is 1670 g/mol. The minimum absolute atomic E-state index is 0.143. The first-order chi connectivity index (χ1) is 56.9. The van der Waals surface area contributed by atoms with Crippen LogP contribution >= 0.6 is 22.3 Å². The Morgan fingerprint density at radius 3 is 1.38 bits per heavy atom. The summed E-state index contributed by atoms with van der Waals surface area (Å²) in [6, 6.07) is 27.9. The van der Waals surface area contributed by atoms with Crippen LogP contribution in [0.4, 0.5) is 23.5 Å². The molecule has 0 saturated heterocycles. The molecule has 16 N–H and O–H groups in total. The van der Waals surface area contributed by atoms with Gasteiger partial charge in [-0.25, -0.2) is 58.5 Å². The van der Waals surface area contributed by atoms with Crippen LogP contribution in [-0.4, -0.2) is 199 Å². The molecule has 614 valence electrons. The van der Waals surface area contributed by atoms with E-state index in [0.29, 0.717) is 122 Å². The number of carbonyl (C=O) groups is 6. The van der Waals surface area contributed by atoms with Crippen molar-refractivity contribution in [1.82, 2.24) is 90.9 Å². The maximum Gasteiger partial charge on any atom is 0.396 e. The second-order valence-electron chi connectivity index (χ2n) is 23.4. The van der Waals surface area contributed by atoms with Gasteiger partial charge in [0.15, 0.2) is 23.0 Å². The summed E-state index contributed by atoms with van der Waals surface area (Å²) in [4.78, 5) is 112. The van der Waals surface area contributed by atoms with E-state index in [1.807, 2.05) is 37.3 Å². The van der Waals surface area contributed by atoms with Gasteiger partial charge in [-0.15, -0.1) is 20.4 Å². The highest BCUT2D eigenvalue weighted by Crippen LogP contribution is 2.36. The summed E-state index contributed by atoms with van der Waals surface area (Å²) in [5, 5.41) is 27.6. The third-order valence-electron chi connectivity index (χ3n) is 15.9. The normalized spacial score (nSPS) is 10.6. The van der Waals surface area contributed by atoms with Gasteiger partial charge in [0.2, 0.25) is 11.9 Å². The Morgan fingerprint density at radius 2 is 0.941 bits per heavy atom. The highest BCUT2D eigenvalue weighted by Gasteiger charge is 2.22. The number of pyridine rings is 4. The number of benzene rings is 3. The van der Waals surface area contributed by atoms with Crippen LogP contribution in [0.1, 0.15) is 61.5 Å². The number of amides is 2. The fourth-order valence-corrected chi connectivity index (χ4v) is 11.2. The third-order valence-corrected chi connectivity index (χ3v) is 17.4. The fourth-order valence-electron chi connectivity index (χ4n) is 10.4. The molecule has 0 fully saturated rings. The number of carbonyl (C=O) groups excluding carboxylic acids is 6. The van der Waals surface area contributed by atoms with Gasteiger partial charge in [-0.1, -0.05) is 17.7 Å². The number of fused-ring (bicyclic) bond motifs is 6. The number of hydrogen-bond donors (Lipinski definition) is 12. The summed E-state index contributed by atoms with van der Waals surface area (Å²) >= 11 is 4.69. The van der Waals surface area contributed by atoms with Gasteiger partial charge >= 0.3 is 40.8 Å². The first-order valence-electron chi connectivity index (χ1n) is 34.7. The Kier molecular flexibility index (Phi) is 30.9. The maximum atomic E-state index is 12.4. The molecule has 0 aliphatic rings. The van der Waals surface area contributed by atoms with Gasteiger partial charge in [0.05, 0.1) is 86.9 Å². The largest absolute Gasteiger partial charge is 0.493 e. The summed E-state index contributed by atoms with van der Waals surface area (Å²) in [5.74, 6) is 6.07. The number of halogens is 2. The Labute approximate surface area is 677 Å². The number of aromatic amines is 4.